The summed E-state index contributed by atoms with van der Waals surface area (Å²) in [6, 6.07) is 8.64. The fraction of sp³-hybridized carbons (Fsp3) is 0.0769. The Morgan fingerprint density at radius 3 is 2.48 bits per heavy atom. The fourth-order valence-corrected chi connectivity index (χ4v) is 3.24. The second kappa shape index (κ2) is 6.01. The van der Waals surface area contributed by atoms with Crippen molar-refractivity contribution in [2.24, 2.45) is 0 Å². The van der Waals surface area contributed by atoms with E-state index in [-0.39, 0.29) is 21.4 Å². The molecule has 2 rings (SSSR count). The SMILES string of the molecule is COc1cc(S(=O)(=O)Nc2ccc(Cl)cc2Cl)ccc1N. The Labute approximate surface area is 132 Å². The summed E-state index contributed by atoms with van der Waals surface area (Å²) in [6.45, 7) is 0. The number of hydrogen-bond donors (Lipinski definition) is 2. The van der Waals surface area contributed by atoms with Crippen LogP contribution in [-0.4, -0.2) is 15.5 Å². The van der Waals surface area contributed by atoms with Crippen molar-refractivity contribution in [2.75, 3.05) is 17.6 Å². The number of methoxy groups -OCH3 is 1. The van der Waals surface area contributed by atoms with Gasteiger partial charge in [0.25, 0.3) is 10.0 Å². The third-order valence-corrected chi connectivity index (χ3v) is 4.60. The number of halogens is 2. The predicted octanol–water partition coefficient (Wildman–Crippen LogP) is 3.39. The van der Waals surface area contributed by atoms with Crippen molar-refractivity contribution in [3.8, 4) is 5.75 Å². The van der Waals surface area contributed by atoms with Crippen LogP contribution in [0.25, 0.3) is 0 Å². The average Bonchev–Trinajstić information content (AvgIpc) is 2.42. The first-order valence-electron chi connectivity index (χ1n) is 5.75. The molecule has 3 N–H and O–H groups in total. The molecule has 8 heteroatoms. The van der Waals surface area contributed by atoms with Crippen LogP contribution >= 0.6 is 23.2 Å². The van der Waals surface area contributed by atoms with Crippen molar-refractivity contribution in [1.29, 1.82) is 0 Å². The maximum atomic E-state index is 12.3. The zero-order valence-electron chi connectivity index (χ0n) is 10.9. The van der Waals surface area contributed by atoms with Gasteiger partial charge >= 0.3 is 0 Å². The molecule has 2 aromatic carbocycles. The molecule has 0 amide bonds. The second-order valence-corrected chi connectivity index (χ2v) is 6.66. The quantitative estimate of drug-likeness (QED) is 0.831. The van der Waals surface area contributed by atoms with Crippen LogP contribution in [0.1, 0.15) is 0 Å². The molecule has 0 aliphatic heterocycles. The predicted molar refractivity (Wildman–Crippen MR) is 84.7 cm³/mol. The van der Waals surface area contributed by atoms with Crippen molar-refractivity contribution >= 4 is 44.6 Å². The number of rotatable bonds is 4. The van der Waals surface area contributed by atoms with Crippen LogP contribution in [-0.2, 0) is 10.0 Å². The van der Waals surface area contributed by atoms with Crippen LogP contribution in [0, 0.1) is 0 Å². The van der Waals surface area contributed by atoms with Gasteiger partial charge in [-0.05, 0) is 30.3 Å². The maximum absolute atomic E-state index is 12.3. The van der Waals surface area contributed by atoms with E-state index in [0.29, 0.717) is 10.7 Å². The normalized spacial score (nSPS) is 11.2. The highest BCUT2D eigenvalue weighted by Crippen LogP contribution is 2.29. The molecular formula is C13H12Cl2N2O3S. The van der Waals surface area contributed by atoms with Crippen LogP contribution < -0.4 is 15.2 Å². The van der Waals surface area contributed by atoms with Gasteiger partial charge in [0, 0.05) is 11.1 Å². The standard InChI is InChI=1S/C13H12Cl2N2O3S/c1-20-13-7-9(3-4-11(13)16)21(18,19)17-12-5-2-8(14)6-10(12)15/h2-7,17H,16H2,1H3. The smallest absolute Gasteiger partial charge is 0.262 e. The van der Waals surface area contributed by atoms with Crippen LogP contribution in [0.3, 0.4) is 0 Å². The Hall–Kier alpha value is -1.63. The number of sulfonamides is 1. The van der Waals surface area contributed by atoms with Gasteiger partial charge in [-0.25, -0.2) is 8.42 Å². The molecule has 0 spiro atoms. The summed E-state index contributed by atoms with van der Waals surface area (Å²) in [5.74, 6) is 0.278. The van der Waals surface area contributed by atoms with E-state index in [9.17, 15) is 8.42 Å². The molecule has 0 aliphatic carbocycles. The zero-order chi connectivity index (χ0) is 15.6. The van der Waals surface area contributed by atoms with E-state index in [0.717, 1.165) is 0 Å². The molecule has 0 heterocycles. The van der Waals surface area contributed by atoms with Crippen LogP contribution in [0.5, 0.6) is 5.75 Å². The van der Waals surface area contributed by atoms with E-state index in [4.69, 9.17) is 33.7 Å². The largest absolute Gasteiger partial charge is 0.495 e. The van der Waals surface area contributed by atoms with Crippen molar-refractivity contribution < 1.29 is 13.2 Å². The van der Waals surface area contributed by atoms with E-state index in [1.54, 1.807) is 0 Å². The highest BCUT2D eigenvalue weighted by molar-refractivity contribution is 7.92. The molecule has 112 valence electrons. The third kappa shape index (κ3) is 3.53. The van der Waals surface area contributed by atoms with Crippen LogP contribution in [0.4, 0.5) is 11.4 Å². The molecule has 0 bridgehead atoms. The summed E-state index contributed by atoms with van der Waals surface area (Å²) in [6.07, 6.45) is 0. The summed E-state index contributed by atoms with van der Waals surface area (Å²) in [5, 5.41) is 0.616. The first kappa shape index (κ1) is 15.8. The Morgan fingerprint density at radius 2 is 1.86 bits per heavy atom. The molecule has 0 unspecified atom stereocenters. The number of ether oxygens (including phenoxy) is 1. The lowest BCUT2D eigenvalue weighted by Crippen LogP contribution is -2.13. The fourth-order valence-electron chi connectivity index (χ4n) is 1.63. The third-order valence-electron chi connectivity index (χ3n) is 2.69. The van der Waals surface area contributed by atoms with Crippen molar-refractivity contribution in [1.82, 2.24) is 0 Å². The number of nitrogens with one attached hydrogen (secondary N) is 1. The number of hydrogen-bond acceptors (Lipinski definition) is 4. The highest BCUT2D eigenvalue weighted by atomic mass is 35.5. The molecule has 0 aliphatic rings. The summed E-state index contributed by atoms with van der Waals surface area (Å²) >= 11 is 11.7. The first-order chi connectivity index (χ1) is 9.83. The van der Waals surface area contributed by atoms with Gasteiger partial charge in [0.1, 0.15) is 5.75 Å². The monoisotopic (exact) mass is 346 g/mol. The zero-order valence-corrected chi connectivity index (χ0v) is 13.3. The topological polar surface area (TPSA) is 81.4 Å². The van der Waals surface area contributed by atoms with E-state index in [1.807, 2.05) is 0 Å². The maximum Gasteiger partial charge on any atom is 0.262 e. The van der Waals surface area contributed by atoms with Crippen molar-refractivity contribution in [3.05, 3.63) is 46.4 Å². The van der Waals surface area contributed by atoms with Crippen molar-refractivity contribution in [3.63, 3.8) is 0 Å². The van der Waals surface area contributed by atoms with Gasteiger partial charge in [0.2, 0.25) is 0 Å². The summed E-state index contributed by atoms with van der Waals surface area (Å²) in [4.78, 5) is 0.0135. The molecule has 0 fully saturated rings. The molecule has 2 aromatic rings. The molecule has 0 radical (unpaired) electrons. The molecule has 5 nitrogen and oxygen atoms in total. The lowest BCUT2D eigenvalue weighted by Gasteiger charge is -2.11. The number of nitrogen functional groups attached to an aromatic ring is 1. The van der Waals surface area contributed by atoms with Gasteiger partial charge in [-0.2, -0.15) is 0 Å². The minimum atomic E-state index is -3.81. The first-order valence-corrected chi connectivity index (χ1v) is 7.99. The van der Waals surface area contributed by atoms with E-state index in [2.05, 4.69) is 4.72 Å². The lowest BCUT2D eigenvalue weighted by atomic mass is 10.3. The Balaban J connectivity index is 2.38. The number of anilines is 2. The Kier molecular flexibility index (Phi) is 4.51. The van der Waals surface area contributed by atoms with Gasteiger partial charge in [0.15, 0.2) is 0 Å². The average molecular weight is 347 g/mol. The van der Waals surface area contributed by atoms with Crippen molar-refractivity contribution in [2.45, 2.75) is 4.90 Å². The Morgan fingerprint density at radius 1 is 1.14 bits per heavy atom. The highest BCUT2D eigenvalue weighted by Gasteiger charge is 2.17. The number of benzene rings is 2. The van der Waals surface area contributed by atoms with Gasteiger partial charge in [-0.3, -0.25) is 4.72 Å². The van der Waals surface area contributed by atoms with Crippen LogP contribution in [0.2, 0.25) is 10.0 Å². The van der Waals surface area contributed by atoms with E-state index < -0.39 is 10.0 Å². The molecular weight excluding hydrogens is 335 g/mol. The van der Waals surface area contributed by atoms with Gasteiger partial charge in [-0.1, -0.05) is 23.2 Å². The molecule has 0 saturated heterocycles. The Bertz CT molecular complexity index is 779. The van der Waals surface area contributed by atoms with E-state index >= 15 is 0 Å². The minimum Gasteiger partial charge on any atom is -0.495 e. The summed E-state index contributed by atoms with van der Waals surface area (Å²) in [7, 11) is -2.40. The van der Waals surface area contributed by atoms with Gasteiger partial charge in [-0.15, -0.1) is 0 Å². The number of nitrogens with two attached hydrogens (primary N) is 1. The molecule has 0 saturated carbocycles. The second-order valence-electron chi connectivity index (χ2n) is 4.13. The van der Waals surface area contributed by atoms with Gasteiger partial charge < -0.3 is 10.5 Å². The summed E-state index contributed by atoms with van der Waals surface area (Å²) in [5.41, 5.74) is 6.24. The molecule has 0 aromatic heterocycles. The van der Waals surface area contributed by atoms with Crippen LogP contribution in [0.15, 0.2) is 41.3 Å². The summed E-state index contributed by atoms with van der Waals surface area (Å²) < 4.78 is 32.0. The lowest BCUT2D eigenvalue weighted by molar-refractivity contribution is 0.415. The van der Waals surface area contributed by atoms with Gasteiger partial charge in [0.05, 0.1) is 28.4 Å². The molecule has 21 heavy (non-hydrogen) atoms. The minimum absolute atomic E-state index is 0.0135. The molecule has 0 atom stereocenters. The van der Waals surface area contributed by atoms with E-state index in [1.165, 1.54) is 43.5 Å².